The van der Waals surface area contributed by atoms with Gasteiger partial charge in [-0.1, -0.05) is 24.3 Å². The fraction of sp³-hybridized carbons (Fsp3) is 0.190. The summed E-state index contributed by atoms with van der Waals surface area (Å²) in [7, 11) is 0. The molecule has 1 amide bonds. The van der Waals surface area contributed by atoms with Gasteiger partial charge in [-0.3, -0.25) is 4.79 Å². The van der Waals surface area contributed by atoms with E-state index in [0.717, 1.165) is 0 Å². The Balaban J connectivity index is 1.43. The molecule has 7 nitrogen and oxygen atoms in total. The van der Waals surface area contributed by atoms with E-state index in [1.165, 1.54) is 17.5 Å². The molecule has 2 aromatic carbocycles. The Bertz CT molecular complexity index is 1010. The molecule has 1 aliphatic heterocycles. The van der Waals surface area contributed by atoms with E-state index in [2.05, 4.69) is 39.7 Å². The number of hydrogen-bond donors (Lipinski definition) is 2. The lowest BCUT2D eigenvalue weighted by Crippen LogP contribution is -2.17. The largest absolute Gasteiger partial charge is 0.486 e. The highest BCUT2D eigenvalue weighted by atomic mass is 16.6. The van der Waals surface area contributed by atoms with Gasteiger partial charge in [-0.15, -0.1) is 0 Å². The molecule has 0 atom stereocenters. The number of carbonyl (C=O) groups excluding carboxylic acids is 1. The van der Waals surface area contributed by atoms with Crippen molar-refractivity contribution in [2.24, 2.45) is 0 Å². The van der Waals surface area contributed by atoms with Gasteiger partial charge in [0.15, 0.2) is 11.5 Å². The Kier molecular flexibility index (Phi) is 5.05. The number of nitrogens with one attached hydrogen (secondary N) is 2. The van der Waals surface area contributed by atoms with Crippen molar-refractivity contribution in [3.63, 3.8) is 0 Å². The van der Waals surface area contributed by atoms with Crippen molar-refractivity contribution in [2.75, 3.05) is 23.8 Å². The van der Waals surface area contributed by atoms with E-state index in [-0.39, 0.29) is 11.6 Å². The van der Waals surface area contributed by atoms with Crippen molar-refractivity contribution in [2.45, 2.75) is 13.5 Å². The predicted octanol–water partition coefficient (Wildman–Crippen LogP) is 3.42. The van der Waals surface area contributed by atoms with Gasteiger partial charge in [0.05, 0.1) is 0 Å². The SMILES string of the molecule is Cc1ccccc1CNc1cc(C(=O)Nc2ccc3c(c2)OCCO3)ncn1. The van der Waals surface area contributed by atoms with Gasteiger partial charge in [0, 0.05) is 24.4 Å². The second-order valence-electron chi connectivity index (χ2n) is 6.38. The van der Waals surface area contributed by atoms with Gasteiger partial charge in [-0.25, -0.2) is 9.97 Å². The summed E-state index contributed by atoms with van der Waals surface area (Å²) in [6.45, 7) is 3.69. The maximum absolute atomic E-state index is 12.6. The first-order valence-electron chi connectivity index (χ1n) is 9.00. The lowest BCUT2D eigenvalue weighted by molar-refractivity contribution is 0.102. The van der Waals surface area contributed by atoms with E-state index in [1.54, 1.807) is 24.3 Å². The third-order valence-electron chi connectivity index (χ3n) is 4.42. The summed E-state index contributed by atoms with van der Waals surface area (Å²) in [4.78, 5) is 20.8. The molecule has 1 aliphatic rings. The van der Waals surface area contributed by atoms with Crippen molar-refractivity contribution in [1.29, 1.82) is 0 Å². The Hall–Kier alpha value is -3.61. The average Bonchev–Trinajstić information content (AvgIpc) is 2.73. The van der Waals surface area contributed by atoms with E-state index >= 15 is 0 Å². The number of carbonyl (C=O) groups is 1. The van der Waals surface area contributed by atoms with Gasteiger partial charge < -0.3 is 20.1 Å². The van der Waals surface area contributed by atoms with E-state index in [4.69, 9.17) is 9.47 Å². The van der Waals surface area contributed by atoms with Gasteiger partial charge in [-0.05, 0) is 30.2 Å². The third kappa shape index (κ3) is 4.03. The summed E-state index contributed by atoms with van der Waals surface area (Å²) < 4.78 is 11.0. The quantitative estimate of drug-likeness (QED) is 0.710. The molecule has 2 N–H and O–H groups in total. The number of hydrogen-bond acceptors (Lipinski definition) is 6. The standard InChI is InChI=1S/C21H20N4O3/c1-14-4-2-3-5-15(14)12-22-20-11-17(23-13-24-20)21(26)25-16-6-7-18-19(10-16)28-9-8-27-18/h2-7,10-11,13H,8-9,12H2,1H3,(H,25,26)(H,22,23,24). The van der Waals surface area contributed by atoms with E-state index in [9.17, 15) is 4.79 Å². The molecule has 0 bridgehead atoms. The lowest BCUT2D eigenvalue weighted by atomic mass is 10.1. The Labute approximate surface area is 162 Å². The number of anilines is 2. The van der Waals surface area contributed by atoms with Gasteiger partial charge in [-0.2, -0.15) is 0 Å². The first kappa shape index (κ1) is 17.8. The number of benzene rings is 2. The highest BCUT2D eigenvalue weighted by Gasteiger charge is 2.14. The van der Waals surface area contributed by atoms with Crippen molar-refractivity contribution < 1.29 is 14.3 Å². The third-order valence-corrected chi connectivity index (χ3v) is 4.42. The molecule has 0 unspecified atom stereocenters. The van der Waals surface area contributed by atoms with Crippen LogP contribution in [0.1, 0.15) is 21.6 Å². The van der Waals surface area contributed by atoms with Gasteiger partial charge in [0.25, 0.3) is 5.91 Å². The van der Waals surface area contributed by atoms with Crippen LogP contribution in [0.3, 0.4) is 0 Å². The number of rotatable bonds is 5. The van der Waals surface area contributed by atoms with Crippen LogP contribution in [-0.2, 0) is 6.54 Å². The minimum absolute atomic E-state index is 0.275. The van der Waals surface area contributed by atoms with E-state index in [1.807, 2.05) is 12.1 Å². The summed E-state index contributed by atoms with van der Waals surface area (Å²) >= 11 is 0. The molecule has 28 heavy (non-hydrogen) atoms. The summed E-state index contributed by atoms with van der Waals surface area (Å²) in [6.07, 6.45) is 1.37. The van der Waals surface area contributed by atoms with Crippen LogP contribution in [0, 0.1) is 6.92 Å². The molecule has 0 saturated carbocycles. The van der Waals surface area contributed by atoms with Crippen molar-refractivity contribution >= 4 is 17.4 Å². The Morgan fingerprint density at radius 2 is 1.86 bits per heavy atom. The average molecular weight is 376 g/mol. The van der Waals surface area contributed by atoms with Gasteiger partial charge in [0.1, 0.15) is 31.1 Å². The number of ether oxygens (including phenoxy) is 2. The topological polar surface area (TPSA) is 85.4 Å². The summed E-state index contributed by atoms with van der Waals surface area (Å²) in [5.74, 6) is 1.56. The fourth-order valence-corrected chi connectivity index (χ4v) is 2.89. The smallest absolute Gasteiger partial charge is 0.274 e. The highest BCUT2D eigenvalue weighted by molar-refractivity contribution is 6.03. The molecular weight excluding hydrogens is 356 g/mol. The minimum Gasteiger partial charge on any atom is -0.486 e. The predicted molar refractivity (Wildman–Crippen MR) is 106 cm³/mol. The molecule has 1 aromatic heterocycles. The number of aromatic nitrogens is 2. The van der Waals surface area contributed by atoms with Crippen LogP contribution in [0.2, 0.25) is 0 Å². The molecular formula is C21H20N4O3. The summed E-state index contributed by atoms with van der Waals surface area (Å²) in [5.41, 5.74) is 3.25. The van der Waals surface area contributed by atoms with Crippen LogP contribution in [0.4, 0.5) is 11.5 Å². The first-order chi connectivity index (χ1) is 13.7. The zero-order chi connectivity index (χ0) is 19.3. The molecule has 0 saturated heterocycles. The normalized spacial score (nSPS) is 12.3. The summed E-state index contributed by atoms with van der Waals surface area (Å²) in [5, 5.41) is 6.06. The Morgan fingerprint density at radius 1 is 1.04 bits per heavy atom. The van der Waals surface area contributed by atoms with Crippen LogP contribution in [0.25, 0.3) is 0 Å². The molecule has 7 heteroatoms. The monoisotopic (exact) mass is 376 g/mol. The number of nitrogens with zero attached hydrogens (tertiary/aromatic N) is 2. The molecule has 0 aliphatic carbocycles. The number of aryl methyl sites for hydroxylation is 1. The van der Waals surface area contributed by atoms with E-state index < -0.39 is 0 Å². The van der Waals surface area contributed by atoms with Gasteiger partial charge >= 0.3 is 0 Å². The van der Waals surface area contributed by atoms with Crippen LogP contribution < -0.4 is 20.1 Å². The maximum Gasteiger partial charge on any atom is 0.274 e. The maximum atomic E-state index is 12.6. The first-order valence-corrected chi connectivity index (χ1v) is 9.00. The molecule has 0 radical (unpaired) electrons. The molecule has 0 fully saturated rings. The van der Waals surface area contributed by atoms with Crippen LogP contribution in [0.5, 0.6) is 11.5 Å². The molecule has 3 aromatic rings. The van der Waals surface area contributed by atoms with Crippen LogP contribution in [0.15, 0.2) is 54.9 Å². The van der Waals surface area contributed by atoms with Crippen LogP contribution in [-0.4, -0.2) is 29.1 Å². The second kappa shape index (κ2) is 7.96. The molecule has 4 rings (SSSR count). The lowest BCUT2D eigenvalue weighted by Gasteiger charge is -2.19. The zero-order valence-electron chi connectivity index (χ0n) is 15.4. The Morgan fingerprint density at radius 3 is 2.71 bits per heavy atom. The van der Waals surface area contributed by atoms with Crippen molar-refractivity contribution in [3.05, 3.63) is 71.7 Å². The van der Waals surface area contributed by atoms with E-state index in [0.29, 0.717) is 42.8 Å². The molecule has 142 valence electrons. The van der Waals surface area contributed by atoms with Crippen molar-refractivity contribution in [3.8, 4) is 11.5 Å². The fourth-order valence-electron chi connectivity index (χ4n) is 2.89. The molecule has 2 heterocycles. The minimum atomic E-state index is -0.321. The second-order valence-corrected chi connectivity index (χ2v) is 6.38. The number of fused-ring (bicyclic) bond motifs is 1. The molecule has 0 spiro atoms. The zero-order valence-corrected chi connectivity index (χ0v) is 15.4. The van der Waals surface area contributed by atoms with Crippen LogP contribution >= 0.6 is 0 Å². The highest BCUT2D eigenvalue weighted by Crippen LogP contribution is 2.32. The van der Waals surface area contributed by atoms with Crippen molar-refractivity contribution in [1.82, 2.24) is 9.97 Å². The summed E-state index contributed by atoms with van der Waals surface area (Å²) in [6, 6.07) is 15.0. The number of amides is 1. The van der Waals surface area contributed by atoms with Gasteiger partial charge in [0.2, 0.25) is 0 Å².